The highest BCUT2D eigenvalue weighted by atomic mass is 16.5. The van der Waals surface area contributed by atoms with Crippen molar-refractivity contribution in [1.29, 1.82) is 0 Å². The number of amides is 1. The quantitative estimate of drug-likeness (QED) is 0.939. The van der Waals surface area contributed by atoms with E-state index in [4.69, 9.17) is 9.15 Å². The monoisotopic (exact) mass is 326 g/mol. The van der Waals surface area contributed by atoms with Crippen molar-refractivity contribution in [3.63, 3.8) is 0 Å². The molecule has 1 aromatic heterocycles. The van der Waals surface area contributed by atoms with Gasteiger partial charge >= 0.3 is 0 Å². The molecule has 1 N–H and O–H groups in total. The molecule has 0 saturated carbocycles. The number of nitrogens with zero attached hydrogens (tertiary/aromatic N) is 1. The van der Waals surface area contributed by atoms with Gasteiger partial charge in [-0.15, -0.1) is 0 Å². The predicted octanol–water partition coefficient (Wildman–Crippen LogP) is 2.78. The van der Waals surface area contributed by atoms with E-state index in [1.165, 1.54) is 19.5 Å². The van der Waals surface area contributed by atoms with Crippen LogP contribution < -0.4 is 10.1 Å². The molecule has 3 atom stereocenters. The molecule has 1 amide bonds. The molecule has 2 saturated heterocycles. The lowest BCUT2D eigenvalue weighted by Gasteiger charge is -2.30. The fourth-order valence-electron chi connectivity index (χ4n) is 3.79. The first-order chi connectivity index (χ1) is 11.7. The van der Waals surface area contributed by atoms with Gasteiger partial charge in [0.25, 0.3) is 5.91 Å². The van der Waals surface area contributed by atoms with Gasteiger partial charge in [-0.3, -0.25) is 4.79 Å². The first-order valence-corrected chi connectivity index (χ1v) is 8.49. The standard InChI is InChI=1S/C19H22N2O3/c1-23-16-4-2-14(3-5-16)17-6-7-18(24-17)19(22)20-15-10-13-8-9-21(11-13)12-15/h2-7,13,15H,8-12H2,1H3,(H,20,22). The Kier molecular flexibility index (Phi) is 4.02. The summed E-state index contributed by atoms with van der Waals surface area (Å²) in [5.41, 5.74) is 0.927. The molecule has 0 spiro atoms. The Hall–Kier alpha value is -2.27. The Morgan fingerprint density at radius 2 is 2.04 bits per heavy atom. The number of methoxy groups -OCH3 is 1. The molecule has 5 nitrogen and oxygen atoms in total. The number of hydrogen-bond acceptors (Lipinski definition) is 4. The molecular weight excluding hydrogens is 304 g/mol. The van der Waals surface area contributed by atoms with Gasteiger partial charge in [-0.2, -0.15) is 0 Å². The lowest BCUT2D eigenvalue weighted by atomic mass is 9.97. The van der Waals surface area contributed by atoms with Crippen LogP contribution in [0.15, 0.2) is 40.8 Å². The van der Waals surface area contributed by atoms with E-state index in [0.717, 1.165) is 30.2 Å². The number of piperidine rings is 1. The first-order valence-electron chi connectivity index (χ1n) is 8.49. The summed E-state index contributed by atoms with van der Waals surface area (Å²) >= 11 is 0. The molecule has 2 aliphatic rings. The van der Waals surface area contributed by atoms with Crippen molar-refractivity contribution in [2.75, 3.05) is 26.7 Å². The fourth-order valence-corrected chi connectivity index (χ4v) is 3.79. The van der Waals surface area contributed by atoms with Crippen LogP contribution in [0.5, 0.6) is 5.75 Å². The predicted molar refractivity (Wildman–Crippen MR) is 91.1 cm³/mol. The third-order valence-corrected chi connectivity index (χ3v) is 5.01. The SMILES string of the molecule is COc1ccc(-c2ccc(C(=O)NC3CC4CCN(C4)C3)o2)cc1. The average molecular weight is 326 g/mol. The van der Waals surface area contributed by atoms with Gasteiger partial charge in [0.1, 0.15) is 11.5 Å². The third kappa shape index (κ3) is 3.04. The number of rotatable bonds is 4. The topological polar surface area (TPSA) is 54.7 Å². The van der Waals surface area contributed by atoms with Crippen LogP contribution in [0, 0.1) is 5.92 Å². The lowest BCUT2D eigenvalue weighted by molar-refractivity contribution is 0.0882. The highest BCUT2D eigenvalue weighted by Gasteiger charge is 2.33. The van der Waals surface area contributed by atoms with Gasteiger partial charge < -0.3 is 19.4 Å². The third-order valence-electron chi connectivity index (χ3n) is 5.01. The van der Waals surface area contributed by atoms with E-state index < -0.39 is 0 Å². The van der Waals surface area contributed by atoms with E-state index in [9.17, 15) is 4.79 Å². The van der Waals surface area contributed by atoms with Crippen molar-refractivity contribution in [3.05, 3.63) is 42.2 Å². The lowest BCUT2D eigenvalue weighted by Crippen LogP contribution is -2.46. The molecule has 2 aromatic rings. The Bertz CT molecular complexity index is 710. The number of benzene rings is 1. The van der Waals surface area contributed by atoms with Crippen LogP contribution in [0.2, 0.25) is 0 Å². The highest BCUT2D eigenvalue weighted by Crippen LogP contribution is 2.28. The molecule has 5 heteroatoms. The Morgan fingerprint density at radius 1 is 1.21 bits per heavy atom. The smallest absolute Gasteiger partial charge is 0.287 e. The molecule has 3 unspecified atom stereocenters. The maximum atomic E-state index is 12.4. The second kappa shape index (κ2) is 6.32. The van der Waals surface area contributed by atoms with E-state index in [0.29, 0.717) is 11.5 Å². The zero-order valence-electron chi connectivity index (χ0n) is 13.8. The minimum Gasteiger partial charge on any atom is -0.497 e. The van der Waals surface area contributed by atoms with Gasteiger partial charge in [0.05, 0.1) is 7.11 Å². The molecule has 0 aliphatic carbocycles. The van der Waals surface area contributed by atoms with Crippen molar-refractivity contribution < 1.29 is 13.9 Å². The number of ether oxygens (including phenoxy) is 1. The zero-order chi connectivity index (χ0) is 16.5. The zero-order valence-corrected chi connectivity index (χ0v) is 13.8. The molecule has 2 bridgehead atoms. The number of carbonyl (C=O) groups excluding carboxylic acids is 1. The molecule has 4 rings (SSSR count). The van der Waals surface area contributed by atoms with Crippen LogP contribution >= 0.6 is 0 Å². The number of hydrogen-bond donors (Lipinski definition) is 1. The van der Waals surface area contributed by atoms with Crippen molar-refractivity contribution in [3.8, 4) is 17.1 Å². The highest BCUT2D eigenvalue weighted by molar-refractivity contribution is 5.92. The number of furan rings is 1. The van der Waals surface area contributed by atoms with Crippen LogP contribution in [0.4, 0.5) is 0 Å². The van der Waals surface area contributed by atoms with Crippen molar-refractivity contribution in [2.45, 2.75) is 18.9 Å². The summed E-state index contributed by atoms with van der Waals surface area (Å²) in [6, 6.07) is 11.4. The summed E-state index contributed by atoms with van der Waals surface area (Å²) in [6.07, 6.45) is 2.34. The van der Waals surface area contributed by atoms with Gasteiger partial charge in [-0.05, 0) is 61.7 Å². The molecule has 2 aliphatic heterocycles. The summed E-state index contributed by atoms with van der Waals surface area (Å²) in [6.45, 7) is 3.31. The van der Waals surface area contributed by atoms with Crippen LogP contribution in [0.1, 0.15) is 23.4 Å². The van der Waals surface area contributed by atoms with E-state index >= 15 is 0 Å². The molecule has 2 fully saturated rings. The number of fused-ring (bicyclic) bond motifs is 2. The van der Waals surface area contributed by atoms with Crippen LogP contribution in [0.3, 0.4) is 0 Å². The molecule has 0 radical (unpaired) electrons. The van der Waals surface area contributed by atoms with E-state index in [1.807, 2.05) is 30.3 Å². The normalized spacial score (nSPS) is 25.5. The fraction of sp³-hybridized carbons (Fsp3) is 0.421. The van der Waals surface area contributed by atoms with Crippen molar-refractivity contribution in [1.82, 2.24) is 10.2 Å². The maximum absolute atomic E-state index is 12.4. The second-order valence-corrected chi connectivity index (χ2v) is 6.71. The van der Waals surface area contributed by atoms with Crippen molar-refractivity contribution >= 4 is 5.91 Å². The van der Waals surface area contributed by atoms with E-state index in [1.54, 1.807) is 13.2 Å². The number of nitrogens with one attached hydrogen (secondary N) is 1. The minimum absolute atomic E-state index is 0.123. The van der Waals surface area contributed by atoms with Crippen LogP contribution in [0.25, 0.3) is 11.3 Å². The van der Waals surface area contributed by atoms with E-state index in [2.05, 4.69) is 10.2 Å². The van der Waals surface area contributed by atoms with Crippen LogP contribution in [-0.4, -0.2) is 43.6 Å². The summed E-state index contributed by atoms with van der Waals surface area (Å²) < 4.78 is 10.9. The summed E-state index contributed by atoms with van der Waals surface area (Å²) in [5.74, 6) is 2.46. The largest absolute Gasteiger partial charge is 0.497 e. The molecular formula is C19H22N2O3. The molecule has 126 valence electrons. The first kappa shape index (κ1) is 15.3. The van der Waals surface area contributed by atoms with Crippen molar-refractivity contribution in [2.24, 2.45) is 5.92 Å². The molecule has 24 heavy (non-hydrogen) atoms. The summed E-state index contributed by atoms with van der Waals surface area (Å²) in [7, 11) is 1.64. The molecule has 1 aromatic carbocycles. The average Bonchev–Trinajstić information content (AvgIpc) is 3.22. The van der Waals surface area contributed by atoms with Gasteiger partial charge in [-0.1, -0.05) is 0 Å². The second-order valence-electron chi connectivity index (χ2n) is 6.71. The maximum Gasteiger partial charge on any atom is 0.287 e. The van der Waals surface area contributed by atoms with Gasteiger partial charge in [-0.25, -0.2) is 0 Å². The van der Waals surface area contributed by atoms with E-state index in [-0.39, 0.29) is 11.9 Å². The summed E-state index contributed by atoms with van der Waals surface area (Å²) in [4.78, 5) is 14.9. The van der Waals surface area contributed by atoms with Gasteiger partial charge in [0.2, 0.25) is 0 Å². The summed E-state index contributed by atoms with van der Waals surface area (Å²) in [5, 5.41) is 3.12. The Labute approximate surface area is 141 Å². The Morgan fingerprint density at radius 3 is 2.79 bits per heavy atom. The molecule has 3 heterocycles. The Balaban J connectivity index is 1.42. The van der Waals surface area contributed by atoms with Gasteiger partial charge in [0, 0.05) is 24.7 Å². The minimum atomic E-state index is -0.123. The van der Waals surface area contributed by atoms with Crippen LogP contribution in [-0.2, 0) is 0 Å². The van der Waals surface area contributed by atoms with Gasteiger partial charge in [0.15, 0.2) is 5.76 Å². The number of carbonyl (C=O) groups is 1.